The van der Waals surface area contributed by atoms with E-state index in [1.54, 1.807) is 43.7 Å². The van der Waals surface area contributed by atoms with Gasteiger partial charge in [-0.15, -0.1) is 0 Å². The molecule has 0 bridgehead atoms. The van der Waals surface area contributed by atoms with Crippen molar-refractivity contribution in [3.05, 3.63) is 89.0 Å². The van der Waals surface area contributed by atoms with Crippen LogP contribution in [0.3, 0.4) is 0 Å². The average Bonchev–Trinajstić information content (AvgIpc) is 2.82. The van der Waals surface area contributed by atoms with Crippen molar-refractivity contribution in [2.24, 2.45) is 5.10 Å². The van der Waals surface area contributed by atoms with E-state index in [2.05, 4.69) is 22.7 Å². The van der Waals surface area contributed by atoms with Crippen molar-refractivity contribution >= 4 is 12.1 Å². The summed E-state index contributed by atoms with van der Waals surface area (Å²) in [5.74, 6) is 1.88. The lowest BCUT2D eigenvalue weighted by Gasteiger charge is -2.12. The molecule has 0 aliphatic heterocycles. The fourth-order valence-electron chi connectivity index (χ4n) is 2.99. The fourth-order valence-corrected chi connectivity index (χ4v) is 2.99. The highest BCUT2D eigenvalue weighted by molar-refractivity contribution is 5.94. The minimum atomic E-state index is -0.267. The molecule has 32 heavy (non-hydrogen) atoms. The predicted molar refractivity (Wildman–Crippen MR) is 126 cm³/mol. The highest BCUT2D eigenvalue weighted by Gasteiger charge is 2.06. The van der Waals surface area contributed by atoms with Crippen LogP contribution in [-0.4, -0.2) is 32.4 Å². The zero-order valence-corrected chi connectivity index (χ0v) is 18.6. The first-order chi connectivity index (χ1) is 15.6. The molecule has 0 radical (unpaired) electrons. The lowest BCUT2D eigenvalue weighted by molar-refractivity contribution is 0.0955. The Morgan fingerprint density at radius 2 is 1.66 bits per heavy atom. The van der Waals surface area contributed by atoms with Crippen LogP contribution in [0.25, 0.3) is 0 Å². The van der Waals surface area contributed by atoms with Crippen molar-refractivity contribution in [1.29, 1.82) is 0 Å². The molecule has 3 aromatic rings. The molecule has 3 rings (SSSR count). The molecule has 166 valence electrons. The molecule has 6 nitrogen and oxygen atoms in total. The molecule has 0 heterocycles. The van der Waals surface area contributed by atoms with Gasteiger partial charge < -0.3 is 14.2 Å². The van der Waals surface area contributed by atoms with E-state index >= 15 is 0 Å². The Morgan fingerprint density at radius 1 is 0.906 bits per heavy atom. The highest BCUT2D eigenvalue weighted by Crippen LogP contribution is 2.27. The van der Waals surface area contributed by atoms with Gasteiger partial charge in [-0.25, -0.2) is 5.43 Å². The van der Waals surface area contributed by atoms with Crippen LogP contribution in [0.4, 0.5) is 0 Å². The number of amides is 1. The van der Waals surface area contributed by atoms with Gasteiger partial charge in [0, 0.05) is 12.0 Å². The Balaban J connectivity index is 1.48. The van der Waals surface area contributed by atoms with Crippen LogP contribution in [0.1, 0.15) is 33.5 Å². The summed E-state index contributed by atoms with van der Waals surface area (Å²) in [4.78, 5) is 12.0. The second-order valence-electron chi connectivity index (χ2n) is 7.29. The number of rotatable bonds is 10. The second-order valence-corrected chi connectivity index (χ2v) is 7.29. The van der Waals surface area contributed by atoms with E-state index < -0.39 is 0 Å². The molecular formula is C26H28N2O4. The number of carbonyl (C=O) groups is 1. The lowest BCUT2D eigenvalue weighted by Crippen LogP contribution is -2.17. The summed E-state index contributed by atoms with van der Waals surface area (Å²) < 4.78 is 17.2. The molecule has 0 aromatic heterocycles. The standard InChI is InChI=1S/C26H28N2O4/c1-19-10-11-20(2)24(16-19)32-15-7-14-31-23-13-12-21(17-25(23)30-3)18-27-28-26(29)22-8-5-4-6-9-22/h4-6,8-13,16-18H,7,14-15H2,1-3H3,(H,28,29). The molecule has 6 heteroatoms. The third-order valence-corrected chi connectivity index (χ3v) is 4.75. The van der Waals surface area contributed by atoms with Crippen molar-refractivity contribution in [3.63, 3.8) is 0 Å². The zero-order valence-electron chi connectivity index (χ0n) is 18.6. The van der Waals surface area contributed by atoms with Crippen LogP contribution < -0.4 is 19.6 Å². The maximum absolute atomic E-state index is 12.0. The van der Waals surface area contributed by atoms with E-state index in [4.69, 9.17) is 14.2 Å². The summed E-state index contributed by atoms with van der Waals surface area (Å²) in [7, 11) is 1.59. The minimum Gasteiger partial charge on any atom is -0.493 e. The quantitative estimate of drug-likeness (QED) is 0.280. The van der Waals surface area contributed by atoms with E-state index in [1.807, 2.05) is 38.1 Å². The molecule has 0 aliphatic rings. The molecule has 0 unspecified atom stereocenters. The number of hydrazone groups is 1. The summed E-state index contributed by atoms with van der Waals surface area (Å²) in [6.45, 7) is 5.15. The van der Waals surface area contributed by atoms with Gasteiger partial charge in [0.25, 0.3) is 5.91 Å². The monoisotopic (exact) mass is 432 g/mol. The number of nitrogens with zero attached hydrogens (tertiary/aromatic N) is 1. The van der Waals surface area contributed by atoms with E-state index in [0.717, 1.165) is 23.3 Å². The molecule has 3 aromatic carbocycles. The van der Waals surface area contributed by atoms with Crippen molar-refractivity contribution in [2.75, 3.05) is 20.3 Å². The van der Waals surface area contributed by atoms with Gasteiger partial charge in [0.1, 0.15) is 5.75 Å². The van der Waals surface area contributed by atoms with Crippen LogP contribution in [0.5, 0.6) is 17.2 Å². The van der Waals surface area contributed by atoms with Gasteiger partial charge in [0.2, 0.25) is 0 Å². The Morgan fingerprint density at radius 3 is 2.41 bits per heavy atom. The summed E-state index contributed by atoms with van der Waals surface area (Å²) in [5, 5.41) is 4.01. The molecule has 0 fully saturated rings. The van der Waals surface area contributed by atoms with Gasteiger partial charge >= 0.3 is 0 Å². The molecule has 0 saturated heterocycles. The normalized spacial score (nSPS) is 10.7. The van der Waals surface area contributed by atoms with E-state index in [1.165, 1.54) is 5.56 Å². The number of ether oxygens (including phenoxy) is 3. The van der Waals surface area contributed by atoms with E-state index in [0.29, 0.717) is 30.3 Å². The highest BCUT2D eigenvalue weighted by atomic mass is 16.5. The van der Waals surface area contributed by atoms with Gasteiger partial charge in [0.15, 0.2) is 11.5 Å². The predicted octanol–water partition coefficient (Wildman–Crippen LogP) is 4.92. The summed E-state index contributed by atoms with van der Waals surface area (Å²) in [5.41, 5.74) is 6.14. The third kappa shape index (κ3) is 6.60. The molecule has 0 spiro atoms. The Labute approximate surface area is 188 Å². The smallest absolute Gasteiger partial charge is 0.271 e. The van der Waals surface area contributed by atoms with E-state index in [-0.39, 0.29) is 5.91 Å². The van der Waals surface area contributed by atoms with Gasteiger partial charge in [-0.3, -0.25) is 4.79 Å². The number of carbonyl (C=O) groups excluding carboxylic acids is 1. The number of methoxy groups -OCH3 is 1. The van der Waals surface area contributed by atoms with Crippen LogP contribution in [0, 0.1) is 13.8 Å². The number of benzene rings is 3. The largest absolute Gasteiger partial charge is 0.493 e. The zero-order chi connectivity index (χ0) is 22.8. The van der Waals surface area contributed by atoms with Crippen LogP contribution in [0.2, 0.25) is 0 Å². The topological polar surface area (TPSA) is 69.2 Å². The number of hydrogen-bond donors (Lipinski definition) is 1. The maximum atomic E-state index is 12.0. The lowest BCUT2D eigenvalue weighted by atomic mass is 10.1. The Hall–Kier alpha value is -3.80. The van der Waals surface area contributed by atoms with Crippen LogP contribution >= 0.6 is 0 Å². The first kappa shape index (κ1) is 22.9. The molecule has 0 atom stereocenters. The number of nitrogens with one attached hydrogen (secondary N) is 1. The molecule has 1 amide bonds. The summed E-state index contributed by atoms with van der Waals surface area (Å²) >= 11 is 0. The third-order valence-electron chi connectivity index (χ3n) is 4.75. The van der Waals surface area contributed by atoms with Gasteiger partial charge in [-0.1, -0.05) is 30.3 Å². The Bertz CT molecular complexity index is 1060. The first-order valence-corrected chi connectivity index (χ1v) is 10.5. The van der Waals surface area contributed by atoms with Crippen LogP contribution in [0.15, 0.2) is 71.8 Å². The van der Waals surface area contributed by atoms with Gasteiger partial charge in [0.05, 0.1) is 26.5 Å². The molecule has 0 saturated carbocycles. The van der Waals surface area contributed by atoms with Crippen LogP contribution in [-0.2, 0) is 0 Å². The number of aryl methyl sites for hydroxylation is 2. The fraction of sp³-hybridized carbons (Fsp3) is 0.231. The summed E-state index contributed by atoms with van der Waals surface area (Å²) in [6, 6.07) is 20.6. The second kappa shape index (κ2) is 11.6. The van der Waals surface area contributed by atoms with Crippen molar-refractivity contribution in [3.8, 4) is 17.2 Å². The van der Waals surface area contributed by atoms with Crippen molar-refractivity contribution in [1.82, 2.24) is 5.43 Å². The summed E-state index contributed by atoms with van der Waals surface area (Å²) in [6.07, 6.45) is 2.30. The first-order valence-electron chi connectivity index (χ1n) is 10.5. The molecular weight excluding hydrogens is 404 g/mol. The van der Waals surface area contributed by atoms with Crippen molar-refractivity contribution in [2.45, 2.75) is 20.3 Å². The minimum absolute atomic E-state index is 0.267. The molecule has 0 aliphatic carbocycles. The Kier molecular flexibility index (Phi) is 8.26. The SMILES string of the molecule is COc1cc(C=NNC(=O)c2ccccc2)ccc1OCCCOc1cc(C)ccc1C. The molecule has 1 N–H and O–H groups in total. The number of hydrogen-bond acceptors (Lipinski definition) is 5. The van der Waals surface area contributed by atoms with Gasteiger partial charge in [-0.05, 0) is 66.9 Å². The van der Waals surface area contributed by atoms with E-state index in [9.17, 15) is 4.79 Å². The average molecular weight is 433 g/mol. The van der Waals surface area contributed by atoms with Crippen molar-refractivity contribution < 1.29 is 19.0 Å². The maximum Gasteiger partial charge on any atom is 0.271 e. The van der Waals surface area contributed by atoms with Gasteiger partial charge in [-0.2, -0.15) is 5.10 Å².